The van der Waals surface area contributed by atoms with Crippen molar-refractivity contribution in [2.24, 2.45) is 0 Å². The van der Waals surface area contributed by atoms with E-state index in [0.717, 1.165) is 11.2 Å². The number of benzene rings is 1. The Balaban J connectivity index is 1.92. The van der Waals surface area contributed by atoms with E-state index >= 15 is 0 Å². The Bertz CT molecular complexity index is 538. The van der Waals surface area contributed by atoms with Gasteiger partial charge >= 0.3 is 7.12 Å². The first-order valence-corrected chi connectivity index (χ1v) is 7.91. The molecule has 0 saturated carbocycles. The van der Waals surface area contributed by atoms with Crippen LogP contribution in [0.3, 0.4) is 0 Å². The first-order chi connectivity index (χ1) is 10.6. The van der Waals surface area contributed by atoms with Gasteiger partial charge in [0, 0.05) is 14.1 Å². The van der Waals surface area contributed by atoms with Crippen LogP contribution in [0.5, 0.6) is 5.75 Å². The van der Waals surface area contributed by atoms with Gasteiger partial charge in [-0.1, -0.05) is 12.1 Å². The van der Waals surface area contributed by atoms with Crippen molar-refractivity contribution in [3.8, 4) is 5.75 Å². The van der Waals surface area contributed by atoms with Crippen LogP contribution in [0.1, 0.15) is 34.1 Å². The molecule has 1 aliphatic rings. The highest BCUT2D eigenvalue weighted by molar-refractivity contribution is 6.62. The van der Waals surface area contributed by atoms with E-state index < -0.39 is 0 Å². The number of carbonyl (C=O) groups is 1. The molecule has 0 aliphatic carbocycles. The Morgan fingerprint density at radius 3 is 2.09 bits per heavy atom. The minimum atomic E-state index is -0.371. The molecule has 1 aromatic carbocycles. The molecule has 5 nitrogen and oxygen atoms in total. The van der Waals surface area contributed by atoms with Crippen molar-refractivity contribution in [3.05, 3.63) is 24.3 Å². The lowest BCUT2D eigenvalue weighted by Gasteiger charge is -2.32. The first-order valence-electron chi connectivity index (χ1n) is 7.91. The van der Waals surface area contributed by atoms with Crippen LogP contribution in [0, 0.1) is 0 Å². The minimum Gasteiger partial charge on any atom is -0.493 e. The van der Waals surface area contributed by atoms with Crippen LogP contribution < -0.4 is 10.2 Å². The van der Waals surface area contributed by atoms with Gasteiger partial charge in [0.15, 0.2) is 0 Å². The van der Waals surface area contributed by atoms with Gasteiger partial charge in [-0.15, -0.1) is 0 Å². The van der Waals surface area contributed by atoms with E-state index in [9.17, 15) is 4.79 Å². The van der Waals surface area contributed by atoms with Gasteiger partial charge in [0.2, 0.25) is 5.91 Å². The van der Waals surface area contributed by atoms with Crippen LogP contribution >= 0.6 is 0 Å². The van der Waals surface area contributed by atoms with Gasteiger partial charge in [-0.25, -0.2) is 0 Å². The number of ether oxygens (including phenoxy) is 1. The molecule has 126 valence electrons. The maximum Gasteiger partial charge on any atom is 0.494 e. The monoisotopic (exact) mass is 319 g/mol. The molecule has 1 saturated heterocycles. The van der Waals surface area contributed by atoms with E-state index in [2.05, 4.69) is 0 Å². The van der Waals surface area contributed by atoms with E-state index in [-0.39, 0.29) is 24.2 Å². The quantitative estimate of drug-likeness (QED) is 0.777. The van der Waals surface area contributed by atoms with E-state index in [1.807, 2.05) is 52.0 Å². The Labute approximate surface area is 139 Å². The zero-order valence-electron chi connectivity index (χ0n) is 14.9. The predicted octanol–water partition coefficient (Wildman–Crippen LogP) is 1.84. The smallest absolute Gasteiger partial charge is 0.493 e. The fraction of sp³-hybridized carbons (Fsp3) is 0.588. The summed E-state index contributed by atoms with van der Waals surface area (Å²) in [7, 11) is 3.10. The second-order valence-electron chi connectivity index (χ2n) is 7.04. The third-order valence-electron chi connectivity index (χ3n) is 4.49. The predicted molar refractivity (Wildman–Crippen MR) is 91.0 cm³/mol. The number of carbonyl (C=O) groups excluding carboxylic acids is 1. The molecule has 0 spiro atoms. The van der Waals surface area contributed by atoms with Crippen LogP contribution in [0.25, 0.3) is 0 Å². The maximum absolute atomic E-state index is 11.5. The molecular formula is C17H26BNO4. The average molecular weight is 319 g/mol. The van der Waals surface area contributed by atoms with Crippen LogP contribution in [-0.4, -0.2) is 49.8 Å². The zero-order valence-corrected chi connectivity index (χ0v) is 14.9. The molecule has 1 aromatic rings. The third kappa shape index (κ3) is 4.06. The molecule has 6 heteroatoms. The number of amides is 1. The van der Waals surface area contributed by atoms with E-state index in [1.54, 1.807) is 19.0 Å². The van der Waals surface area contributed by atoms with Crippen molar-refractivity contribution in [2.45, 2.75) is 45.3 Å². The second-order valence-corrected chi connectivity index (χ2v) is 7.04. The number of hydrogen-bond acceptors (Lipinski definition) is 4. The molecular weight excluding hydrogens is 293 g/mol. The highest BCUT2D eigenvalue weighted by atomic mass is 16.7. The summed E-state index contributed by atoms with van der Waals surface area (Å²) < 4.78 is 17.6. The molecule has 23 heavy (non-hydrogen) atoms. The first kappa shape index (κ1) is 17.8. The highest BCUT2D eigenvalue weighted by Gasteiger charge is 2.51. The summed E-state index contributed by atoms with van der Waals surface area (Å²) >= 11 is 0. The number of nitrogens with zero attached hydrogens (tertiary/aromatic N) is 1. The van der Waals surface area contributed by atoms with Crippen molar-refractivity contribution in [2.75, 3.05) is 20.7 Å². The van der Waals surface area contributed by atoms with Crippen LogP contribution in [0.2, 0.25) is 0 Å². The number of hydrogen-bond donors (Lipinski definition) is 0. The summed E-state index contributed by atoms with van der Waals surface area (Å²) in [5.41, 5.74) is 0.263. The van der Waals surface area contributed by atoms with Gasteiger partial charge in [0.25, 0.3) is 0 Å². The Morgan fingerprint density at radius 2 is 1.61 bits per heavy atom. The maximum atomic E-state index is 11.5. The Kier molecular flexibility index (Phi) is 5.06. The van der Waals surface area contributed by atoms with Crippen molar-refractivity contribution in [1.82, 2.24) is 4.90 Å². The molecule has 1 fully saturated rings. The summed E-state index contributed by atoms with van der Waals surface area (Å²) in [5, 5.41) is 0. The summed E-state index contributed by atoms with van der Waals surface area (Å²) in [6, 6.07) is 7.62. The SMILES string of the molecule is CN(C)C(=O)CCOc1ccc(B2OC(C)(C)C(C)(C)O2)cc1. The normalized spacial score (nSPS) is 18.8. The van der Waals surface area contributed by atoms with E-state index in [0.29, 0.717) is 13.0 Å². The van der Waals surface area contributed by atoms with E-state index in [4.69, 9.17) is 14.0 Å². The highest BCUT2D eigenvalue weighted by Crippen LogP contribution is 2.36. The molecule has 1 heterocycles. The minimum absolute atomic E-state index is 0.0545. The van der Waals surface area contributed by atoms with Crippen LogP contribution in [-0.2, 0) is 14.1 Å². The zero-order chi connectivity index (χ0) is 17.3. The lowest BCUT2D eigenvalue weighted by Crippen LogP contribution is -2.41. The fourth-order valence-electron chi connectivity index (χ4n) is 2.18. The molecule has 1 amide bonds. The van der Waals surface area contributed by atoms with Crippen molar-refractivity contribution >= 4 is 18.5 Å². The summed E-state index contributed by atoms with van der Waals surface area (Å²) in [4.78, 5) is 13.1. The molecule has 1 aliphatic heterocycles. The second kappa shape index (κ2) is 6.53. The summed E-state index contributed by atoms with van der Waals surface area (Å²) in [5.74, 6) is 0.788. The molecule has 0 aromatic heterocycles. The standard InChI is InChI=1S/C17H26BNO4/c1-16(2)17(3,4)23-18(22-16)13-7-9-14(10-8-13)21-12-11-15(20)19(5)6/h7-10H,11-12H2,1-6H3. The molecule has 0 N–H and O–H groups in total. The van der Waals surface area contributed by atoms with E-state index in [1.165, 1.54) is 0 Å². The summed E-state index contributed by atoms with van der Waals surface area (Å²) in [6.45, 7) is 8.50. The van der Waals surface area contributed by atoms with Crippen molar-refractivity contribution in [3.63, 3.8) is 0 Å². The Morgan fingerprint density at radius 1 is 1.09 bits per heavy atom. The lowest BCUT2D eigenvalue weighted by molar-refractivity contribution is -0.129. The molecule has 0 radical (unpaired) electrons. The fourth-order valence-corrected chi connectivity index (χ4v) is 2.18. The summed E-state index contributed by atoms with van der Waals surface area (Å²) in [6.07, 6.45) is 0.367. The van der Waals surface area contributed by atoms with Crippen LogP contribution in [0.15, 0.2) is 24.3 Å². The molecule has 2 rings (SSSR count). The molecule has 0 unspecified atom stereocenters. The van der Waals surface area contributed by atoms with Gasteiger partial charge in [-0.3, -0.25) is 4.79 Å². The number of rotatable bonds is 5. The van der Waals surface area contributed by atoms with Gasteiger partial charge in [-0.05, 0) is 45.3 Å². The average Bonchev–Trinajstić information content (AvgIpc) is 2.68. The van der Waals surface area contributed by atoms with Gasteiger partial charge < -0.3 is 18.9 Å². The van der Waals surface area contributed by atoms with Crippen LogP contribution in [0.4, 0.5) is 0 Å². The van der Waals surface area contributed by atoms with Crippen molar-refractivity contribution < 1.29 is 18.8 Å². The topological polar surface area (TPSA) is 48.0 Å². The molecule has 0 atom stereocenters. The Hall–Kier alpha value is -1.53. The lowest BCUT2D eigenvalue weighted by atomic mass is 9.79. The van der Waals surface area contributed by atoms with Gasteiger partial charge in [0.05, 0.1) is 24.2 Å². The largest absolute Gasteiger partial charge is 0.494 e. The van der Waals surface area contributed by atoms with Crippen molar-refractivity contribution in [1.29, 1.82) is 0 Å². The molecule has 0 bridgehead atoms. The van der Waals surface area contributed by atoms with Gasteiger partial charge in [-0.2, -0.15) is 0 Å². The van der Waals surface area contributed by atoms with Gasteiger partial charge in [0.1, 0.15) is 5.75 Å². The third-order valence-corrected chi connectivity index (χ3v) is 4.49.